The fourth-order valence-corrected chi connectivity index (χ4v) is 7.95. The van der Waals surface area contributed by atoms with Crippen LogP contribution in [0.4, 0.5) is 17.6 Å². The highest BCUT2D eigenvalue weighted by Gasteiger charge is 2.60. The lowest BCUT2D eigenvalue weighted by molar-refractivity contribution is 0.0889. The molecule has 0 aliphatic carbocycles. The number of hydrogen-bond acceptors (Lipinski definition) is 14. The lowest BCUT2D eigenvalue weighted by Gasteiger charge is -2.33. The summed E-state index contributed by atoms with van der Waals surface area (Å²) in [6.07, 6.45) is 2.30. The van der Waals surface area contributed by atoms with Crippen molar-refractivity contribution in [1.82, 2.24) is 9.13 Å². The van der Waals surface area contributed by atoms with Crippen LogP contribution in [0.3, 0.4) is 0 Å². The van der Waals surface area contributed by atoms with Crippen LogP contribution in [0.1, 0.15) is 26.7 Å². The summed E-state index contributed by atoms with van der Waals surface area (Å²) in [6, 6.07) is 8.98. The molecule has 316 valence electrons. The van der Waals surface area contributed by atoms with Gasteiger partial charge in [-0.05, 0) is 51.0 Å². The monoisotopic (exact) mass is 867 g/mol. The molecule has 0 amide bonds. The van der Waals surface area contributed by atoms with Crippen LogP contribution >= 0.6 is 0 Å². The first-order valence-corrected chi connectivity index (χ1v) is 21.2. The summed E-state index contributed by atoms with van der Waals surface area (Å²) in [5, 5.41) is 7.44. The van der Waals surface area contributed by atoms with E-state index in [-0.39, 0.29) is 33.8 Å². The van der Waals surface area contributed by atoms with Crippen molar-refractivity contribution in [2.24, 2.45) is 10.3 Å². The van der Waals surface area contributed by atoms with Crippen LogP contribution in [0.25, 0.3) is 22.3 Å². The van der Waals surface area contributed by atoms with Crippen LogP contribution in [0, 0.1) is 23.3 Å². The number of oxime groups is 2. The van der Waals surface area contributed by atoms with Gasteiger partial charge in [0.25, 0.3) is 11.1 Å². The number of benzene rings is 2. The predicted octanol–water partition coefficient (Wildman–Crippen LogP) is 4.16. The molecular formula is C36H36BF4N4O12S2-. The second kappa shape index (κ2) is 15.4. The van der Waals surface area contributed by atoms with Gasteiger partial charge in [-0.1, -0.05) is 10.3 Å². The molecule has 4 heterocycles. The molecule has 2 aliphatic heterocycles. The number of aryl methyl sites for hydroxylation is 2. The van der Waals surface area contributed by atoms with Gasteiger partial charge in [-0.2, -0.15) is 0 Å². The minimum absolute atomic E-state index is 0.171. The van der Waals surface area contributed by atoms with E-state index in [9.17, 15) is 35.2 Å². The molecule has 0 fully saturated rings. The number of halogens is 4. The number of nitrogens with zero attached hydrogens (tertiary/aromatic N) is 4. The predicted molar refractivity (Wildman–Crippen MR) is 206 cm³/mol. The van der Waals surface area contributed by atoms with Crippen molar-refractivity contribution >= 4 is 38.4 Å². The van der Waals surface area contributed by atoms with Crippen molar-refractivity contribution in [2.45, 2.75) is 49.3 Å². The Bertz CT molecular complexity index is 2580. The van der Waals surface area contributed by atoms with Crippen LogP contribution in [-0.2, 0) is 51.6 Å². The van der Waals surface area contributed by atoms with E-state index < -0.39 is 108 Å². The van der Waals surface area contributed by atoms with Crippen LogP contribution in [0.15, 0.2) is 80.8 Å². The number of sulfone groups is 2. The minimum atomic E-state index is -4.22. The van der Waals surface area contributed by atoms with E-state index in [0.29, 0.717) is 0 Å². The molecular weight excluding hydrogens is 831 g/mol. The summed E-state index contributed by atoms with van der Waals surface area (Å²) in [4.78, 5) is 26.1. The molecule has 2 unspecified atom stereocenters. The topological polar surface area (TPSA) is 192 Å². The number of methoxy groups -OCH3 is 2. The standard InChI is InChI=1S/C36H36BF4N4O12S2/c1-35(58(5,48)49,11-13-44-19-29(40)25(17-31(44)46)23-9-7-21(52-3)15-27(23)38)33-42-56-37(54-33)55-34(43-57-37)36(2,59(6,50)51)12-14-45-20-30(41)26(18-32(45)47)24-10-8-22(53-4)16-28(24)39/h7-10,15-20H,11-14H2,1-6H3/q-1. The smallest absolute Gasteiger partial charge is 0.595 e. The molecule has 2 aromatic heterocycles. The van der Waals surface area contributed by atoms with E-state index in [4.69, 9.17) is 28.3 Å². The van der Waals surface area contributed by atoms with Crippen molar-refractivity contribution in [1.29, 1.82) is 0 Å². The van der Waals surface area contributed by atoms with E-state index >= 15 is 8.78 Å². The molecule has 0 N–H and O–H groups in total. The highest BCUT2D eigenvalue weighted by Crippen LogP contribution is 2.37. The van der Waals surface area contributed by atoms with E-state index in [0.717, 1.165) is 58.3 Å². The molecule has 4 aromatic rings. The quantitative estimate of drug-likeness (QED) is 0.130. The van der Waals surface area contributed by atoms with Crippen LogP contribution in [0.5, 0.6) is 11.5 Å². The summed E-state index contributed by atoms with van der Waals surface area (Å²) in [6.45, 7) is -2.12. The van der Waals surface area contributed by atoms with Gasteiger partial charge in [-0.3, -0.25) is 9.59 Å². The zero-order valence-electron chi connectivity index (χ0n) is 32.2. The van der Waals surface area contributed by atoms with Crippen molar-refractivity contribution in [3.05, 3.63) is 105 Å². The van der Waals surface area contributed by atoms with Gasteiger partial charge >= 0.3 is 6.96 Å². The fraction of sp³-hybridized carbons (Fsp3) is 0.333. The van der Waals surface area contributed by atoms with Crippen molar-refractivity contribution < 1.29 is 62.7 Å². The number of aromatic nitrogens is 2. The summed E-state index contributed by atoms with van der Waals surface area (Å²) in [7, 11) is -5.80. The third kappa shape index (κ3) is 7.99. The lowest BCUT2D eigenvalue weighted by Crippen LogP contribution is -2.52. The molecule has 0 bridgehead atoms. The van der Waals surface area contributed by atoms with Crippen LogP contribution < -0.4 is 20.6 Å². The average molecular weight is 868 g/mol. The Kier molecular flexibility index (Phi) is 11.2. The van der Waals surface area contributed by atoms with Gasteiger partial charge in [0.05, 0.1) is 14.2 Å². The molecule has 0 radical (unpaired) electrons. The Balaban J connectivity index is 1.18. The molecule has 23 heteroatoms. The third-order valence-corrected chi connectivity index (χ3v) is 14.4. The first kappa shape index (κ1) is 42.8. The number of rotatable bonds is 14. The SMILES string of the molecule is COc1ccc(-c2cc(=O)n(CCC(C)(C3=NO[B-]4(ON=C(C(C)(CCn5cc(F)c(-c6ccc(OC)cc6F)cc5=O)S(C)(=O)=O)O4)O3)S(C)(=O)=O)cc2F)c(F)c1. The maximum atomic E-state index is 15.3. The van der Waals surface area contributed by atoms with Gasteiger partial charge in [0.15, 0.2) is 19.7 Å². The van der Waals surface area contributed by atoms with Gasteiger partial charge in [0, 0.05) is 84.5 Å². The second-order valence-electron chi connectivity index (χ2n) is 14.1. The minimum Gasteiger partial charge on any atom is -0.595 e. The number of ether oxygens (including phenoxy) is 2. The maximum absolute atomic E-state index is 15.3. The molecule has 1 spiro atoms. The Morgan fingerprint density at radius 3 is 1.32 bits per heavy atom. The van der Waals surface area contributed by atoms with Gasteiger partial charge in [-0.25, -0.2) is 34.4 Å². The van der Waals surface area contributed by atoms with Crippen LogP contribution in [-0.4, -0.2) is 80.9 Å². The zero-order valence-corrected chi connectivity index (χ0v) is 33.8. The summed E-state index contributed by atoms with van der Waals surface area (Å²) < 4.78 is 142. The Labute approximate surface area is 334 Å². The van der Waals surface area contributed by atoms with Gasteiger partial charge in [-0.15, -0.1) is 0 Å². The summed E-state index contributed by atoms with van der Waals surface area (Å²) in [5.74, 6) is -4.61. The molecule has 2 aromatic carbocycles. The molecule has 2 aliphatic rings. The Hall–Kier alpha value is -5.84. The third-order valence-electron chi connectivity index (χ3n) is 10.3. The Morgan fingerprint density at radius 2 is 1.00 bits per heavy atom. The van der Waals surface area contributed by atoms with Crippen molar-refractivity contribution in [3.63, 3.8) is 0 Å². The molecule has 16 nitrogen and oxygen atoms in total. The van der Waals surface area contributed by atoms with Crippen LogP contribution in [0.2, 0.25) is 0 Å². The second-order valence-corrected chi connectivity index (χ2v) is 19.0. The van der Waals surface area contributed by atoms with E-state index in [1.54, 1.807) is 0 Å². The maximum Gasteiger partial charge on any atom is 0.819 e. The molecule has 0 saturated heterocycles. The van der Waals surface area contributed by atoms with Gasteiger partial charge in [0.2, 0.25) is 11.8 Å². The first-order chi connectivity index (χ1) is 27.5. The molecule has 2 atom stereocenters. The zero-order chi connectivity index (χ0) is 43.3. The highest BCUT2D eigenvalue weighted by molar-refractivity contribution is 7.93. The molecule has 6 rings (SSSR count). The van der Waals surface area contributed by atoms with E-state index in [2.05, 4.69) is 10.3 Å². The number of hydrogen-bond donors (Lipinski definition) is 0. The normalized spacial score (nSPS) is 18.4. The molecule has 59 heavy (non-hydrogen) atoms. The first-order valence-electron chi connectivity index (χ1n) is 17.5. The fourth-order valence-electron chi connectivity index (χ4n) is 6.22. The summed E-state index contributed by atoms with van der Waals surface area (Å²) >= 11 is 0. The van der Waals surface area contributed by atoms with Crippen molar-refractivity contribution in [3.8, 4) is 33.8 Å². The molecule has 0 saturated carbocycles. The van der Waals surface area contributed by atoms with Gasteiger partial charge < -0.3 is 37.4 Å². The average Bonchev–Trinajstić information content (AvgIpc) is 3.80. The van der Waals surface area contributed by atoms with Crippen molar-refractivity contribution in [2.75, 3.05) is 26.7 Å². The largest absolute Gasteiger partial charge is 0.819 e. The van der Waals surface area contributed by atoms with E-state index in [1.165, 1.54) is 52.3 Å². The van der Waals surface area contributed by atoms with Gasteiger partial charge in [0.1, 0.15) is 44.3 Å². The van der Waals surface area contributed by atoms with E-state index in [1.807, 2.05) is 0 Å². The Morgan fingerprint density at radius 1 is 0.627 bits per heavy atom. The summed E-state index contributed by atoms with van der Waals surface area (Å²) in [5.41, 5.74) is -2.71. The lowest BCUT2D eigenvalue weighted by atomic mass is 10.0. The number of pyridine rings is 2. The highest BCUT2D eigenvalue weighted by atomic mass is 32.2.